The largest absolute Gasteiger partial charge is 0.478 e. The van der Waals surface area contributed by atoms with E-state index in [-0.39, 0.29) is 5.91 Å². The van der Waals surface area contributed by atoms with Gasteiger partial charge in [0.05, 0.1) is 5.56 Å². The lowest BCUT2D eigenvalue weighted by Crippen LogP contribution is -2.37. The van der Waals surface area contributed by atoms with Gasteiger partial charge in [-0.05, 0) is 79.8 Å². The third kappa shape index (κ3) is 7.34. The van der Waals surface area contributed by atoms with Crippen LogP contribution < -0.4 is 10.1 Å². The molecule has 0 heterocycles. The lowest BCUT2D eigenvalue weighted by molar-refractivity contribution is -0.152. The molecule has 0 aliphatic carbocycles. The van der Waals surface area contributed by atoms with E-state index in [1.54, 1.807) is 42.5 Å². The molecule has 0 aliphatic heterocycles. The van der Waals surface area contributed by atoms with Crippen molar-refractivity contribution in [3.8, 4) is 16.9 Å². The Morgan fingerprint density at radius 1 is 0.914 bits per heavy atom. The van der Waals surface area contributed by atoms with Gasteiger partial charge >= 0.3 is 12.1 Å². The number of carboxylic acids is 1. The van der Waals surface area contributed by atoms with Gasteiger partial charge in [-0.1, -0.05) is 36.4 Å². The average molecular weight is 486 g/mol. The van der Waals surface area contributed by atoms with Crippen molar-refractivity contribution >= 4 is 17.6 Å². The van der Waals surface area contributed by atoms with Crippen LogP contribution in [0.3, 0.4) is 0 Å². The highest BCUT2D eigenvalue weighted by atomic mass is 19.4. The van der Waals surface area contributed by atoms with E-state index in [1.165, 1.54) is 19.9 Å². The Kier molecular flexibility index (Phi) is 7.84. The van der Waals surface area contributed by atoms with Crippen LogP contribution in [0.15, 0.2) is 72.8 Å². The molecule has 3 rings (SSSR count). The molecule has 0 bridgehead atoms. The van der Waals surface area contributed by atoms with Gasteiger partial charge in [0, 0.05) is 12.1 Å². The van der Waals surface area contributed by atoms with Crippen LogP contribution in [0.5, 0.6) is 5.75 Å². The Morgan fingerprint density at radius 2 is 1.57 bits per heavy atom. The quantitative estimate of drug-likeness (QED) is 0.359. The van der Waals surface area contributed by atoms with Crippen LogP contribution >= 0.6 is 0 Å². The molecule has 0 atom stereocenters. The fraction of sp³-hybridized carbons (Fsp3) is 0.259. The summed E-state index contributed by atoms with van der Waals surface area (Å²) in [5, 5.41) is 11.9. The fourth-order valence-corrected chi connectivity index (χ4v) is 3.36. The number of halogens is 3. The first kappa shape index (κ1) is 25.8. The third-order valence-corrected chi connectivity index (χ3v) is 5.37. The summed E-state index contributed by atoms with van der Waals surface area (Å²) in [5.74, 6) is -0.773. The summed E-state index contributed by atoms with van der Waals surface area (Å²) in [6.07, 6.45) is -2.85. The summed E-state index contributed by atoms with van der Waals surface area (Å²) in [6, 6.07) is 18.8. The zero-order valence-corrected chi connectivity index (χ0v) is 19.4. The molecule has 0 saturated carbocycles. The van der Waals surface area contributed by atoms with Crippen molar-refractivity contribution < 1.29 is 32.6 Å². The number of alkyl halides is 3. The Balaban J connectivity index is 1.48. The summed E-state index contributed by atoms with van der Waals surface area (Å²) < 4.78 is 44.3. The molecule has 0 aromatic heterocycles. The normalized spacial score (nSPS) is 11.7. The average Bonchev–Trinajstić information content (AvgIpc) is 2.80. The Labute approximate surface area is 201 Å². The number of carboxylic acid groups (broad SMARTS) is 1. The Morgan fingerprint density at radius 3 is 2.17 bits per heavy atom. The number of benzene rings is 3. The summed E-state index contributed by atoms with van der Waals surface area (Å²) in [7, 11) is 0. The van der Waals surface area contributed by atoms with Crippen LogP contribution in [-0.2, 0) is 22.2 Å². The van der Waals surface area contributed by atoms with Crippen molar-refractivity contribution in [2.24, 2.45) is 0 Å². The van der Waals surface area contributed by atoms with Crippen molar-refractivity contribution in [1.29, 1.82) is 0 Å². The van der Waals surface area contributed by atoms with Crippen LogP contribution in [0.2, 0.25) is 0 Å². The SMILES string of the molecule is CC(C)(Oc1ccc(CCCC(=O)Nc2ccc(-c3cccc(C(F)(F)F)c3)cc2)cc1)C(=O)O. The maximum atomic E-state index is 12.9. The van der Waals surface area contributed by atoms with Gasteiger partial charge in [0.25, 0.3) is 0 Å². The zero-order chi connectivity index (χ0) is 25.6. The Bertz CT molecular complexity index is 1170. The van der Waals surface area contributed by atoms with Crippen LogP contribution in [0, 0.1) is 0 Å². The van der Waals surface area contributed by atoms with Gasteiger partial charge in [-0.2, -0.15) is 13.2 Å². The summed E-state index contributed by atoms with van der Waals surface area (Å²) in [5.41, 5.74) is 0.579. The summed E-state index contributed by atoms with van der Waals surface area (Å²) >= 11 is 0. The van der Waals surface area contributed by atoms with Crippen molar-refractivity contribution in [2.75, 3.05) is 5.32 Å². The van der Waals surface area contributed by atoms with E-state index in [0.29, 0.717) is 41.8 Å². The highest BCUT2D eigenvalue weighted by molar-refractivity contribution is 5.91. The molecule has 184 valence electrons. The van der Waals surface area contributed by atoms with Gasteiger partial charge in [0.2, 0.25) is 5.91 Å². The minimum atomic E-state index is -4.41. The Hall–Kier alpha value is -3.81. The monoisotopic (exact) mass is 485 g/mol. The molecule has 0 radical (unpaired) electrons. The number of carbonyl (C=O) groups excluding carboxylic acids is 1. The van der Waals surface area contributed by atoms with Crippen molar-refractivity contribution in [1.82, 2.24) is 0 Å². The number of aliphatic carboxylic acids is 1. The molecule has 0 spiro atoms. The van der Waals surface area contributed by atoms with E-state index in [9.17, 15) is 22.8 Å². The van der Waals surface area contributed by atoms with Crippen LogP contribution in [-0.4, -0.2) is 22.6 Å². The first-order valence-corrected chi connectivity index (χ1v) is 11.0. The number of nitrogens with one attached hydrogen (secondary N) is 1. The third-order valence-electron chi connectivity index (χ3n) is 5.37. The second-order valence-corrected chi connectivity index (χ2v) is 8.62. The summed E-state index contributed by atoms with van der Waals surface area (Å²) in [4.78, 5) is 23.4. The minimum Gasteiger partial charge on any atom is -0.478 e. The van der Waals surface area contributed by atoms with Gasteiger partial charge in [-0.3, -0.25) is 4.79 Å². The molecule has 8 heteroatoms. The molecule has 5 nitrogen and oxygen atoms in total. The first-order chi connectivity index (χ1) is 16.4. The standard InChI is InChI=1S/C27H26F3NO4/c1-26(2,25(33)34)35-23-15-9-18(10-16-23)5-3-8-24(32)31-22-13-11-19(12-14-22)20-6-4-7-21(17-20)27(28,29)30/h4,6-7,9-17H,3,5,8H2,1-2H3,(H,31,32)(H,33,34). The topological polar surface area (TPSA) is 75.6 Å². The second kappa shape index (κ2) is 10.6. The number of hydrogen-bond acceptors (Lipinski definition) is 3. The lowest BCUT2D eigenvalue weighted by Gasteiger charge is -2.21. The lowest BCUT2D eigenvalue weighted by atomic mass is 10.0. The van der Waals surface area contributed by atoms with Crippen molar-refractivity contribution in [3.63, 3.8) is 0 Å². The number of rotatable bonds is 9. The van der Waals surface area contributed by atoms with Gasteiger partial charge in [-0.15, -0.1) is 0 Å². The van der Waals surface area contributed by atoms with Crippen LogP contribution in [0.25, 0.3) is 11.1 Å². The molecule has 2 N–H and O–H groups in total. The molecular formula is C27H26F3NO4. The van der Waals surface area contributed by atoms with E-state index in [4.69, 9.17) is 9.84 Å². The van der Waals surface area contributed by atoms with E-state index in [0.717, 1.165) is 17.7 Å². The number of ether oxygens (including phenoxy) is 1. The second-order valence-electron chi connectivity index (χ2n) is 8.62. The number of hydrogen-bond donors (Lipinski definition) is 2. The highest BCUT2D eigenvalue weighted by Crippen LogP contribution is 2.32. The smallest absolute Gasteiger partial charge is 0.416 e. The predicted molar refractivity (Wildman–Crippen MR) is 127 cm³/mol. The minimum absolute atomic E-state index is 0.167. The molecule has 0 saturated heterocycles. The molecular weight excluding hydrogens is 459 g/mol. The molecule has 35 heavy (non-hydrogen) atoms. The van der Waals surface area contributed by atoms with Crippen molar-refractivity contribution in [2.45, 2.75) is 44.9 Å². The van der Waals surface area contributed by atoms with Gasteiger partial charge in [-0.25, -0.2) is 4.79 Å². The van der Waals surface area contributed by atoms with E-state index in [2.05, 4.69) is 5.32 Å². The predicted octanol–water partition coefficient (Wildman–Crippen LogP) is 6.58. The molecule has 3 aromatic rings. The van der Waals surface area contributed by atoms with E-state index in [1.807, 2.05) is 12.1 Å². The molecule has 0 aliphatic rings. The highest BCUT2D eigenvalue weighted by Gasteiger charge is 2.30. The fourth-order valence-electron chi connectivity index (χ4n) is 3.36. The molecule has 0 fully saturated rings. The molecule has 0 unspecified atom stereocenters. The number of aryl methyl sites for hydroxylation is 1. The van der Waals surface area contributed by atoms with Crippen molar-refractivity contribution in [3.05, 3.63) is 83.9 Å². The maximum Gasteiger partial charge on any atom is 0.416 e. The zero-order valence-electron chi connectivity index (χ0n) is 19.4. The maximum absolute atomic E-state index is 12.9. The number of amides is 1. The van der Waals surface area contributed by atoms with E-state index >= 15 is 0 Å². The number of carbonyl (C=O) groups is 2. The van der Waals surface area contributed by atoms with Gasteiger partial charge in [0.15, 0.2) is 5.60 Å². The first-order valence-electron chi connectivity index (χ1n) is 11.0. The molecule has 1 amide bonds. The number of anilines is 1. The van der Waals surface area contributed by atoms with Crippen LogP contribution in [0.4, 0.5) is 18.9 Å². The van der Waals surface area contributed by atoms with Gasteiger partial charge < -0.3 is 15.2 Å². The van der Waals surface area contributed by atoms with Crippen LogP contribution in [0.1, 0.15) is 37.8 Å². The summed E-state index contributed by atoms with van der Waals surface area (Å²) in [6.45, 7) is 2.95. The van der Waals surface area contributed by atoms with Gasteiger partial charge in [0.1, 0.15) is 5.75 Å². The molecule has 3 aromatic carbocycles. The van der Waals surface area contributed by atoms with E-state index < -0.39 is 23.3 Å².